The Bertz CT molecular complexity index is 455. The molecule has 1 aromatic carbocycles. The van der Waals surface area contributed by atoms with Crippen LogP contribution in [-0.4, -0.2) is 22.2 Å². The quantitative estimate of drug-likeness (QED) is 0.660. The zero-order chi connectivity index (χ0) is 14.3. The first-order valence-corrected chi connectivity index (χ1v) is 6.51. The van der Waals surface area contributed by atoms with Crippen LogP contribution in [0.3, 0.4) is 0 Å². The molecule has 4 heteroatoms. The average molecular weight is 263 g/mol. The summed E-state index contributed by atoms with van der Waals surface area (Å²) in [5, 5.41) is 18.5. The Balaban J connectivity index is 2.76. The molecular weight excluding hydrogens is 242 g/mol. The zero-order valence-corrected chi connectivity index (χ0v) is 11.2. The van der Waals surface area contributed by atoms with E-state index >= 15 is 0 Å². The van der Waals surface area contributed by atoms with E-state index in [-0.39, 0.29) is 12.2 Å². The van der Waals surface area contributed by atoms with Gasteiger partial charge in [0.15, 0.2) is 0 Å². The molecule has 0 aromatic heterocycles. The number of phenols is 1. The predicted molar refractivity (Wildman–Crippen MR) is 76.0 cm³/mol. The number of hydrogen-bond donors (Lipinski definition) is 3. The summed E-state index contributed by atoms with van der Waals surface area (Å²) >= 11 is 0. The molecule has 0 fully saturated rings. The number of aromatic hydroxyl groups is 1. The molecule has 0 unspecified atom stereocenters. The van der Waals surface area contributed by atoms with E-state index < -0.39 is 12.0 Å². The van der Waals surface area contributed by atoms with Crippen molar-refractivity contribution < 1.29 is 15.0 Å². The molecule has 0 saturated heterocycles. The lowest BCUT2D eigenvalue weighted by Gasteiger charge is -2.08. The van der Waals surface area contributed by atoms with Crippen molar-refractivity contribution in [2.24, 2.45) is 5.73 Å². The fraction of sp³-hybridized carbons (Fsp3) is 0.400. The topological polar surface area (TPSA) is 83.6 Å². The standard InChI is InChI=1S/C15H21NO3/c1-2-3-4-5-6-12-9-11(7-8-14(12)17)10-13(16)15(18)19/h5-9,13,17H,2-4,10,16H2,1H3,(H,18,19)/t13-/m0/s1. The lowest BCUT2D eigenvalue weighted by molar-refractivity contribution is -0.138. The van der Waals surface area contributed by atoms with Gasteiger partial charge < -0.3 is 15.9 Å². The second-order valence-electron chi connectivity index (χ2n) is 4.59. The first-order chi connectivity index (χ1) is 9.04. The largest absolute Gasteiger partial charge is 0.507 e. The van der Waals surface area contributed by atoms with E-state index in [1.54, 1.807) is 18.2 Å². The normalized spacial score (nSPS) is 12.7. The number of rotatable bonds is 7. The number of unbranched alkanes of at least 4 members (excludes halogenated alkanes) is 2. The molecule has 19 heavy (non-hydrogen) atoms. The number of aliphatic carboxylic acids is 1. The molecule has 4 N–H and O–H groups in total. The first-order valence-electron chi connectivity index (χ1n) is 6.51. The molecular formula is C15H21NO3. The molecule has 0 radical (unpaired) electrons. The van der Waals surface area contributed by atoms with Crippen molar-refractivity contribution in [3.8, 4) is 5.75 Å². The number of allylic oxidation sites excluding steroid dienone is 1. The molecule has 0 aliphatic heterocycles. The number of carbonyl (C=O) groups is 1. The fourth-order valence-corrected chi connectivity index (χ4v) is 1.74. The number of benzene rings is 1. The van der Waals surface area contributed by atoms with Gasteiger partial charge in [0.1, 0.15) is 11.8 Å². The molecule has 0 aliphatic carbocycles. The SMILES string of the molecule is CCCCC=Cc1cc(C[C@H](N)C(=O)O)ccc1O. The molecule has 0 aliphatic rings. The Hall–Kier alpha value is -1.81. The van der Waals surface area contributed by atoms with Gasteiger partial charge in [-0.25, -0.2) is 0 Å². The summed E-state index contributed by atoms with van der Waals surface area (Å²) in [5.74, 6) is -0.825. The highest BCUT2D eigenvalue weighted by Gasteiger charge is 2.12. The molecule has 0 saturated carbocycles. The summed E-state index contributed by atoms with van der Waals surface area (Å²) in [6.45, 7) is 2.12. The zero-order valence-electron chi connectivity index (χ0n) is 11.2. The van der Waals surface area contributed by atoms with Crippen molar-refractivity contribution in [3.63, 3.8) is 0 Å². The van der Waals surface area contributed by atoms with Crippen LogP contribution >= 0.6 is 0 Å². The van der Waals surface area contributed by atoms with Crippen molar-refractivity contribution in [2.45, 2.75) is 38.6 Å². The Kier molecular flexibility index (Phi) is 6.09. The van der Waals surface area contributed by atoms with E-state index in [2.05, 4.69) is 6.92 Å². The predicted octanol–water partition coefficient (Wildman–Crippen LogP) is 2.55. The Morgan fingerprint density at radius 2 is 2.21 bits per heavy atom. The lowest BCUT2D eigenvalue weighted by Crippen LogP contribution is -2.32. The summed E-state index contributed by atoms with van der Waals surface area (Å²) < 4.78 is 0. The van der Waals surface area contributed by atoms with Crippen LogP contribution in [0, 0.1) is 0 Å². The number of nitrogens with two attached hydrogens (primary N) is 1. The van der Waals surface area contributed by atoms with Gasteiger partial charge in [-0.2, -0.15) is 0 Å². The molecule has 0 spiro atoms. The summed E-state index contributed by atoms with van der Waals surface area (Å²) in [5.41, 5.74) is 7.00. The molecule has 1 aromatic rings. The maximum Gasteiger partial charge on any atom is 0.320 e. The van der Waals surface area contributed by atoms with E-state index in [9.17, 15) is 9.90 Å². The Labute approximate surface area is 113 Å². The molecule has 0 bridgehead atoms. The van der Waals surface area contributed by atoms with Crippen molar-refractivity contribution in [2.75, 3.05) is 0 Å². The van der Waals surface area contributed by atoms with Gasteiger partial charge in [-0.05, 0) is 30.5 Å². The molecule has 104 valence electrons. The average Bonchev–Trinajstić information content (AvgIpc) is 2.38. The Morgan fingerprint density at radius 3 is 2.84 bits per heavy atom. The smallest absolute Gasteiger partial charge is 0.320 e. The molecule has 0 heterocycles. The lowest BCUT2D eigenvalue weighted by atomic mass is 10.0. The van der Waals surface area contributed by atoms with Gasteiger partial charge in [0.05, 0.1) is 0 Å². The maximum atomic E-state index is 10.7. The van der Waals surface area contributed by atoms with Crippen LogP contribution in [0.1, 0.15) is 37.3 Å². The first kappa shape index (κ1) is 15.2. The van der Waals surface area contributed by atoms with Crippen molar-refractivity contribution in [3.05, 3.63) is 35.4 Å². The van der Waals surface area contributed by atoms with Gasteiger partial charge in [0.2, 0.25) is 0 Å². The summed E-state index contributed by atoms with van der Waals surface area (Å²) in [6, 6.07) is 4.13. The van der Waals surface area contributed by atoms with Crippen LogP contribution in [0.4, 0.5) is 0 Å². The minimum Gasteiger partial charge on any atom is -0.507 e. The highest BCUT2D eigenvalue weighted by atomic mass is 16.4. The molecule has 0 amide bonds. The third-order valence-electron chi connectivity index (χ3n) is 2.89. The second-order valence-corrected chi connectivity index (χ2v) is 4.59. The van der Waals surface area contributed by atoms with Crippen molar-refractivity contribution in [1.29, 1.82) is 0 Å². The van der Waals surface area contributed by atoms with Crippen molar-refractivity contribution in [1.82, 2.24) is 0 Å². The van der Waals surface area contributed by atoms with Crippen LogP contribution in [0.2, 0.25) is 0 Å². The van der Waals surface area contributed by atoms with Gasteiger partial charge >= 0.3 is 5.97 Å². The third kappa shape index (κ3) is 5.14. The molecule has 1 rings (SSSR count). The van der Waals surface area contributed by atoms with E-state index in [0.717, 1.165) is 24.8 Å². The van der Waals surface area contributed by atoms with Crippen LogP contribution in [0.15, 0.2) is 24.3 Å². The van der Waals surface area contributed by atoms with Gasteiger partial charge in [-0.3, -0.25) is 4.79 Å². The molecule has 4 nitrogen and oxygen atoms in total. The monoisotopic (exact) mass is 263 g/mol. The van der Waals surface area contributed by atoms with Crippen LogP contribution in [0.25, 0.3) is 6.08 Å². The highest BCUT2D eigenvalue weighted by Crippen LogP contribution is 2.21. The number of carboxylic acid groups (broad SMARTS) is 1. The summed E-state index contributed by atoms with van der Waals surface area (Å²) in [4.78, 5) is 10.7. The van der Waals surface area contributed by atoms with E-state index in [1.807, 2.05) is 12.2 Å². The minimum absolute atomic E-state index is 0.195. The minimum atomic E-state index is -1.02. The van der Waals surface area contributed by atoms with Gasteiger partial charge in [0.25, 0.3) is 0 Å². The summed E-state index contributed by atoms with van der Waals surface area (Å²) in [7, 11) is 0. The van der Waals surface area contributed by atoms with Gasteiger partial charge in [-0.1, -0.05) is 38.0 Å². The van der Waals surface area contributed by atoms with Crippen LogP contribution in [0.5, 0.6) is 5.75 Å². The van der Waals surface area contributed by atoms with Crippen LogP contribution in [-0.2, 0) is 11.2 Å². The summed E-state index contributed by atoms with van der Waals surface area (Å²) in [6.07, 6.45) is 7.34. The van der Waals surface area contributed by atoms with E-state index in [1.165, 1.54) is 0 Å². The number of carboxylic acids is 1. The van der Waals surface area contributed by atoms with E-state index in [0.29, 0.717) is 5.56 Å². The van der Waals surface area contributed by atoms with Crippen LogP contribution < -0.4 is 5.73 Å². The maximum absolute atomic E-state index is 10.7. The van der Waals surface area contributed by atoms with Gasteiger partial charge in [0, 0.05) is 5.56 Å². The van der Waals surface area contributed by atoms with E-state index in [4.69, 9.17) is 10.8 Å². The fourth-order valence-electron chi connectivity index (χ4n) is 1.74. The highest BCUT2D eigenvalue weighted by molar-refractivity contribution is 5.73. The van der Waals surface area contributed by atoms with Crippen molar-refractivity contribution >= 4 is 12.0 Å². The Morgan fingerprint density at radius 1 is 1.47 bits per heavy atom. The molecule has 1 atom stereocenters. The number of phenolic OH excluding ortho intramolecular Hbond substituents is 1. The second kappa shape index (κ2) is 7.59. The van der Waals surface area contributed by atoms with Gasteiger partial charge in [-0.15, -0.1) is 0 Å². The third-order valence-corrected chi connectivity index (χ3v) is 2.89. The number of hydrogen-bond acceptors (Lipinski definition) is 3.